The van der Waals surface area contributed by atoms with Gasteiger partial charge in [-0.25, -0.2) is 4.79 Å². The summed E-state index contributed by atoms with van der Waals surface area (Å²) in [7, 11) is 1.66. The van der Waals surface area contributed by atoms with E-state index in [9.17, 15) is 9.59 Å². The van der Waals surface area contributed by atoms with Crippen LogP contribution in [0.3, 0.4) is 0 Å². The van der Waals surface area contributed by atoms with E-state index in [2.05, 4.69) is 44.3 Å². The van der Waals surface area contributed by atoms with Gasteiger partial charge in [0.05, 0.1) is 5.69 Å². The molecule has 0 spiro atoms. The summed E-state index contributed by atoms with van der Waals surface area (Å²) in [6, 6.07) is 8.53. The average Bonchev–Trinajstić information content (AvgIpc) is 3.05. The van der Waals surface area contributed by atoms with Crippen molar-refractivity contribution in [1.82, 2.24) is 20.1 Å². The number of urea groups is 1. The number of carbonyl (C=O) groups is 2. The van der Waals surface area contributed by atoms with Crippen LogP contribution in [0, 0.1) is 11.8 Å². The Morgan fingerprint density at radius 2 is 1.72 bits per heavy atom. The zero-order valence-corrected chi connectivity index (χ0v) is 23.2. The highest BCUT2D eigenvalue weighted by atomic mass is 79.9. The van der Waals surface area contributed by atoms with E-state index >= 15 is 0 Å². The first-order chi connectivity index (χ1) is 17.4. The van der Waals surface area contributed by atoms with Crippen molar-refractivity contribution in [3.63, 3.8) is 0 Å². The minimum atomic E-state index is -0.0207. The minimum absolute atomic E-state index is 0.0207. The monoisotopic (exact) mass is 572 g/mol. The van der Waals surface area contributed by atoms with Crippen LogP contribution in [0.1, 0.15) is 60.4 Å². The van der Waals surface area contributed by atoms with Crippen LogP contribution in [0.5, 0.6) is 0 Å². The molecule has 3 heterocycles. The predicted octanol–water partition coefficient (Wildman–Crippen LogP) is 5.41. The first-order valence-corrected chi connectivity index (χ1v) is 14.3. The molecule has 5 rings (SSSR count). The minimum Gasteiger partial charge on any atom is -0.343 e. The highest BCUT2D eigenvalue weighted by Crippen LogP contribution is 2.43. The van der Waals surface area contributed by atoms with Crippen molar-refractivity contribution in [2.75, 3.05) is 33.2 Å². The van der Waals surface area contributed by atoms with Gasteiger partial charge in [0.15, 0.2) is 0 Å². The maximum atomic E-state index is 13.1. The van der Waals surface area contributed by atoms with Gasteiger partial charge in [-0.1, -0.05) is 17.7 Å². The molecule has 2 fully saturated rings. The summed E-state index contributed by atoms with van der Waals surface area (Å²) in [5.41, 5.74) is 5.17. The fraction of sp³-hybridized carbons (Fsp3) is 0.536. The van der Waals surface area contributed by atoms with Crippen molar-refractivity contribution in [3.05, 3.63) is 62.3 Å². The number of nitrogens with zero attached hydrogens (tertiary/aromatic N) is 3. The predicted molar refractivity (Wildman–Crippen MR) is 145 cm³/mol. The van der Waals surface area contributed by atoms with Crippen LogP contribution in [0.2, 0.25) is 5.02 Å². The van der Waals surface area contributed by atoms with Crippen molar-refractivity contribution in [2.24, 2.45) is 11.8 Å². The maximum absolute atomic E-state index is 13.1. The molecular weight excluding hydrogens is 540 g/mol. The smallest absolute Gasteiger partial charge is 0.317 e. The lowest BCUT2D eigenvalue weighted by Gasteiger charge is -2.38. The summed E-state index contributed by atoms with van der Waals surface area (Å²) in [5, 5.41) is 3.48. The maximum Gasteiger partial charge on any atom is 0.317 e. The van der Waals surface area contributed by atoms with Gasteiger partial charge in [-0.2, -0.15) is 0 Å². The highest BCUT2D eigenvalue weighted by molar-refractivity contribution is 9.10. The number of piperidine rings is 2. The third kappa shape index (κ3) is 5.42. The van der Waals surface area contributed by atoms with E-state index in [-0.39, 0.29) is 17.9 Å². The topological polar surface area (TPSA) is 65.5 Å². The number of likely N-dealkylation sites (tertiary alicyclic amines) is 2. The number of benzene rings is 1. The van der Waals surface area contributed by atoms with Crippen LogP contribution < -0.4 is 5.32 Å². The Balaban J connectivity index is 1.25. The Morgan fingerprint density at radius 1 is 1.03 bits per heavy atom. The van der Waals surface area contributed by atoms with E-state index in [0.717, 1.165) is 74.2 Å². The van der Waals surface area contributed by atoms with Crippen molar-refractivity contribution in [1.29, 1.82) is 0 Å². The molecule has 1 N–H and O–H groups in total. The highest BCUT2D eigenvalue weighted by Gasteiger charge is 2.35. The number of nitrogens with one attached hydrogen (secondary N) is 1. The second-order valence-corrected chi connectivity index (χ2v) is 11.8. The summed E-state index contributed by atoms with van der Waals surface area (Å²) < 4.78 is 1.02. The van der Waals surface area contributed by atoms with Crippen molar-refractivity contribution in [2.45, 2.75) is 50.9 Å². The molecule has 0 saturated carbocycles. The lowest BCUT2D eigenvalue weighted by atomic mass is 9.76. The van der Waals surface area contributed by atoms with E-state index in [1.54, 1.807) is 7.05 Å². The van der Waals surface area contributed by atoms with Crippen LogP contribution in [0.15, 0.2) is 34.9 Å². The van der Waals surface area contributed by atoms with Crippen molar-refractivity contribution in [3.8, 4) is 0 Å². The normalized spacial score (nSPS) is 20.9. The van der Waals surface area contributed by atoms with Crippen LogP contribution in [0.25, 0.3) is 0 Å². The Labute approximate surface area is 226 Å². The van der Waals surface area contributed by atoms with E-state index in [4.69, 9.17) is 16.6 Å². The lowest BCUT2D eigenvalue weighted by Crippen LogP contribution is -2.45. The van der Waals surface area contributed by atoms with Gasteiger partial charge in [0, 0.05) is 61.3 Å². The first-order valence-electron chi connectivity index (χ1n) is 13.1. The number of pyridine rings is 1. The van der Waals surface area contributed by atoms with Gasteiger partial charge >= 0.3 is 6.03 Å². The quantitative estimate of drug-likeness (QED) is 0.534. The number of fused-ring (bicyclic) bond motifs is 2. The second kappa shape index (κ2) is 11.1. The molecule has 8 heteroatoms. The zero-order chi connectivity index (χ0) is 25.2. The van der Waals surface area contributed by atoms with Gasteiger partial charge in [0.2, 0.25) is 5.91 Å². The van der Waals surface area contributed by atoms with Crippen molar-refractivity contribution < 1.29 is 9.59 Å². The third-order valence-electron chi connectivity index (χ3n) is 8.31. The molecule has 1 aromatic carbocycles. The molecule has 1 aliphatic carbocycles. The Hall–Kier alpha value is -2.12. The summed E-state index contributed by atoms with van der Waals surface area (Å²) in [6.07, 6.45) is 8.19. The summed E-state index contributed by atoms with van der Waals surface area (Å²) >= 11 is 9.98. The number of halogens is 2. The number of amides is 3. The standard InChI is InChI=1S/C28H34BrClN4O2/c1-31-28(36)34-10-6-18(7-11-34)14-25(35)33-12-8-19(9-13-33)26-24-5-4-23(30)16-20(24)2-3-21-15-22(29)17-32-27(21)26/h4-5,15-19,26H,2-3,6-14H2,1H3,(H,31,36)/t26-/m1/s1. The van der Waals surface area contributed by atoms with Gasteiger partial charge in [0.1, 0.15) is 0 Å². The Bertz CT molecular complexity index is 1070. The first kappa shape index (κ1) is 25.5. The van der Waals surface area contributed by atoms with Crippen LogP contribution >= 0.6 is 27.5 Å². The molecular formula is C28H34BrClN4O2. The third-order valence-corrected chi connectivity index (χ3v) is 8.98. The summed E-state index contributed by atoms with van der Waals surface area (Å²) in [5.74, 6) is 1.30. The van der Waals surface area contributed by atoms with Gasteiger partial charge < -0.3 is 15.1 Å². The summed E-state index contributed by atoms with van der Waals surface area (Å²) in [6.45, 7) is 3.05. The lowest BCUT2D eigenvalue weighted by molar-refractivity contribution is -0.134. The molecule has 36 heavy (non-hydrogen) atoms. The van der Waals surface area contributed by atoms with Gasteiger partial charge in [-0.3, -0.25) is 9.78 Å². The van der Waals surface area contributed by atoms with Crippen molar-refractivity contribution >= 4 is 39.5 Å². The van der Waals surface area contributed by atoms with E-state index < -0.39 is 0 Å². The SMILES string of the molecule is CNC(=O)N1CCC(CC(=O)N2CCC([C@@H]3c4ccc(Cl)cc4CCc4cc(Br)cnc43)CC2)CC1. The molecule has 3 amide bonds. The Kier molecular flexibility index (Phi) is 7.87. The van der Waals surface area contributed by atoms with Gasteiger partial charge in [-0.15, -0.1) is 0 Å². The van der Waals surface area contributed by atoms with Crippen LogP contribution in [-0.2, 0) is 17.6 Å². The number of hydrogen-bond donors (Lipinski definition) is 1. The molecule has 2 saturated heterocycles. The van der Waals surface area contributed by atoms with Gasteiger partial charge in [-0.05, 0) is 101 Å². The molecule has 0 bridgehead atoms. The van der Waals surface area contributed by atoms with Crippen LogP contribution in [-0.4, -0.2) is 59.9 Å². The zero-order valence-electron chi connectivity index (χ0n) is 20.8. The van der Waals surface area contributed by atoms with E-state index in [0.29, 0.717) is 18.3 Å². The van der Waals surface area contributed by atoms with Gasteiger partial charge in [0.25, 0.3) is 0 Å². The molecule has 0 radical (unpaired) electrons. The fourth-order valence-electron chi connectivity index (χ4n) is 6.32. The molecule has 2 aliphatic heterocycles. The molecule has 6 nitrogen and oxygen atoms in total. The number of aromatic nitrogens is 1. The summed E-state index contributed by atoms with van der Waals surface area (Å²) in [4.78, 5) is 33.8. The van der Waals surface area contributed by atoms with E-state index in [1.807, 2.05) is 17.2 Å². The largest absolute Gasteiger partial charge is 0.343 e. The number of hydrogen-bond acceptors (Lipinski definition) is 3. The molecule has 192 valence electrons. The number of carbonyl (C=O) groups excluding carboxylic acids is 2. The molecule has 0 unspecified atom stereocenters. The average molecular weight is 574 g/mol. The Morgan fingerprint density at radius 3 is 2.44 bits per heavy atom. The van der Waals surface area contributed by atoms with Crippen LogP contribution in [0.4, 0.5) is 4.79 Å². The second-order valence-electron chi connectivity index (χ2n) is 10.4. The number of aryl methyl sites for hydroxylation is 2. The molecule has 1 atom stereocenters. The molecule has 2 aromatic rings. The fourth-order valence-corrected chi connectivity index (χ4v) is 6.89. The number of rotatable bonds is 3. The molecule has 1 aromatic heterocycles. The van der Waals surface area contributed by atoms with E-state index in [1.165, 1.54) is 22.4 Å². The molecule has 3 aliphatic rings.